The molecule has 4 N–H and O–H groups in total. The summed E-state index contributed by atoms with van der Waals surface area (Å²) in [5.74, 6) is 0.133. The molecule has 2 rings (SSSR count). The monoisotopic (exact) mass is 306 g/mol. The molecule has 0 aromatic heterocycles. The molecule has 1 amide bonds. The summed E-state index contributed by atoms with van der Waals surface area (Å²) in [7, 11) is 0. The van der Waals surface area contributed by atoms with Crippen LogP contribution in [0.5, 0.6) is 11.5 Å². The van der Waals surface area contributed by atoms with Gasteiger partial charge in [-0.2, -0.15) is 0 Å². The Morgan fingerprint density at radius 1 is 1.24 bits per heavy atom. The fourth-order valence-corrected chi connectivity index (χ4v) is 1.86. The highest BCUT2D eigenvalue weighted by Gasteiger charge is 2.01. The van der Waals surface area contributed by atoms with Crippen LogP contribution in [-0.2, 0) is 11.3 Å². The zero-order chi connectivity index (χ0) is 15.2. The van der Waals surface area contributed by atoms with Crippen LogP contribution in [0.4, 0.5) is 5.69 Å². The number of aromatic hydroxyl groups is 1. The molecule has 2 aromatic rings. The Balaban J connectivity index is 1.91. The van der Waals surface area contributed by atoms with E-state index in [1.807, 2.05) is 12.1 Å². The van der Waals surface area contributed by atoms with Crippen LogP contribution in [0.1, 0.15) is 5.56 Å². The summed E-state index contributed by atoms with van der Waals surface area (Å²) in [6, 6.07) is 12.2. The van der Waals surface area contributed by atoms with Crippen LogP contribution in [0.3, 0.4) is 0 Å². The zero-order valence-corrected chi connectivity index (χ0v) is 11.9. The van der Waals surface area contributed by atoms with Crippen molar-refractivity contribution in [3.8, 4) is 11.5 Å². The van der Waals surface area contributed by atoms with E-state index in [4.69, 9.17) is 22.1 Å². The second-order valence-corrected chi connectivity index (χ2v) is 4.83. The van der Waals surface area contributed by atoms with Gasteiger partial charge in [-0.3, -0.25) is 4.79 Å². The van der Waals surface area contributed by atoms with Crippen molar-refractivity contribution in [1.82, 2.24) is 0 Å². The van der Waals surface area contributed by atoms with E-state index in [9.17, 15) is 9.90 Å². The van der Waals surface area contributed by atoms with Gasteiger partial charge in [0, 0.05) is 12.2 Å². The number of phenols is 1. The summed E-state index contributed by atoms with van der Waals surface area (Å²) in [5.41, 5.74) is 6.85. The first kappa shape index (κ1) is 15.0. The maximum absolute atomic E-state index is 10.6. The predicted octanol–water partition coefficient (Wildman–Crippen LogP) is 2.52. The lowest BCUT2D eigenvalue weighted by Crippen LogP contribution is -2.19. The smallest absolute Gasteiger partial charge is 0.255 e. The third-order valence-electron chi connectivity index (χ3n) is 2.75. The van der Waals surface area contributed by atoms with Crippen molar-refractivity contribution in [3.05, 3.63) is 53.1 Å². The number of ether oxygens (including phenoxy) is 1. The summed E-state index contributed by atoms with van der Waals surface area (Å²) in [5, 5.41) is 12.8. The van der Waals surface area contributed by atoms with E-state index in [2.05, 4.69) is 5.32 Å². The van der Waals surface area contributed by atoms with Gasteiger partial charge < -0.3 is 20.9 Å². The summed E-state index contributed by atoms with van der Waals surface area (Å²) >= 11 is 5.83. The minimum Gasteiger partial charge on any atom is -0.506 e. The molecular formula is C15H15ClN2O3. The zero-order valence-electron chi connectivity index (χ0n) is 11.2. The maximum atomic E-state index is 10.6. The molecule has 0 heterocycles. The van der Waals surface area contributed by atoms with Gasteiger partial charge in [0.15, 0.2) is 6.61 Å². The molecule has 0 atom stereocenters. The van der Waals surface area contributed by atoms with Gasteiger partial charge in [0.1, 0.15) is 11.5 Å². The number of carbonyl (C=O) groups excluding carboxylic acids is 1. The number of halogens is 1. The lowest BCUT2D eigenvalue weighted by molar-refractivity contribution is -0.119. The van der Waals surface area contributed by atoms with Gasteiger partial charge in [0.2, 0.25) is 0 Å². The van der Waals surface area contributed by atoms with Crippen LogP contribution in [-0.4, -0.2) is 17.6 Å². The largest absolute Gasteiger partial charge is 0.506 e. The van der Waals surface area contributed by atoms with Crippen molar-refractivity contribution in [3.63, 3.8) is 0 Å². The van der Waals surface area contributed by atoms with E-state index >= 15 is 0 Å². The Morgan fingerprint density at radius 2 is 1.95 bits per heavy atom. The Labute approximate surface area is 127 Å². The van der Waals surface area contributed by atoms with Crippen molar-refractivity contribution in [1.29, 1.82) is 0 Å². The third kappa shape index (κ3) is 4.57. The summed E-state index contributed by atoms with van der Waals surface area (Å²) in [4.78, 5) is 10.6. The first-order valence-corrected chi connectivity index (χ1v) is 6.65. The topological polar surface area (TPSA) is 84.6 Å². The number of phenolic OH excluding ortho intramolecular Hbond substituents is 1. The van der Waals surface area contributed by atoms with Gasteiger partial charge in [0.05, 0.1) is 5.02 Å². The molecule has 0 aliphatic heterocycles. The van der Waals surface area contributed by atoms with E-state index in [0.29, 0.717) is 17.3 Å². The van der Waals surface area contributed by atoms with E-state index in [-0.39, 0.29) is 12.4 Å². The van der Waals surface area contributed by atoms with Crippen LogP contribution < -0.4 is 15.8 Å². The molecule has 0 radical (unpaired) electrons. The minimum absolute atomic E-state index is 0.0539. The summed E-state index contributed by atoms with van der Waals surface area (Å²) in [6.45, 7) is 0.459. The highest BCUT2D eigenvalue weighted by atomic mass is 35.5. The molecule has 21 heavy (non-hydrogen) atoms. The lowest BCUT2D eigenvalue weighted by atomic mass is 10.2. The fourth-order valence-electron chi connectivity index (χ4n) is 1.68. The molecule has 0 unspecified atom stereocenters. The Hall–Kier alpha value is -2.40. The Kier molecular flexibility index (Phi) is 4.90. The predicted molar refractivity (Wildman–Crippen MR) is 81.6 cm³/mol. The summed E-state index contributed by atoms with van der Waals surface area (Å²) in [6.07, 6.45) is 0. The van der Waals surface area contributed by atoms with Crippen LogP contribution in [0.2, 0.25) is 5.02 Å². The van der Waals surface area contributed by atoms with Crippen molar-refractivity contribution in [2.24, 2.45) is 5.73 Å². The van der Waals surface area contributed by atoms with E-state index in [0.717, 1.165) is 11.3 Å². The molecule has 0 spiro atoms. The van der Waals surface area contributed by atoms with Crippen molar-refractivity contribution in [2.45, 2.75) is 6.54 Å². The highest BCUT2D eigenvalue weighted by Crippen LogP contribution is 2.26. The van der Waals surface area contributed by atoms with Crippen LogP contribution in [0, 0.1) is 0 Å². The maximum Gasteiger partial charge on any atom is 0.255 e. The molecule has 0 fully saturated rings. The molecule has 110 valence electrons. The van der Waals surface area contributed by atoms with Crippen LogP contribution in [0.25, 0.3) is 0 Å². The van der Waals surface area contributed by atoms with Gasteiger partial charge >= 0.3 is 0 Å². The number of amides is 1. The van der Waals surface area contributed by atoms with Crippen molar-refractivity contribution < 1.29 is 14.6 Å². The molecule has 0 saturated heterocycles. The van der Waals surface area contributed by atoms with Crippen LogP contribution in [0.15, 0.2) is 42.5 Å². The van der Waals surface area contributed by atoms with Gasteiger partial charge in [-0.25, -0.2) is 0 Å². The number of hydrogen-bond donors (Lipinski definition) is 3. The molecule has 6 heteroatoms. The second kappa shape index (κ2) is 6.85. The normalized spacial score (nSPS) is 10.1. The number of nitrogens with one attached hydrogen (secondary N) is 1. The second-order valence-electron chi connectivity index (χ2n) is 4.42. The molecule has 0 saturated carbocycles. The Morgan fingerprint density at radius 3 is 2.57 bits per heavy atom. The highest BCUT2D eigenvalue weighted by molar-refractivity contribution is 6.32. The molecule has 0 bridgehead atoms. The molecular weight excluding hydrogens is 292 g/mol. The van der Waals surface area contributed by atoms with Crippen molar-refractivity contribution in [2.75, 3.05) is 11.9 Å². The number of anilines is 1. The number of primary amides is 1. The molecule has 2 aromatic carbocycles. The van der Waals surface area contributed by atoms with Crippen LogP contribution >= 0.6 is 11.6 Å². The Bertz CT molecular complexity index is 629. The molecule has 0 aliphatic rings. The number of hydrogen-bond acceptors (Lipinski definition) is 4. The number of carbonyl (C=O) groups is 1. The fraction of sp³-hybridized carbons (Fsp3) is 0.133. The average molecular weight is 307 g/mol. The average Bonchev–Trinajstić information content (AvgIpc) is 2.47. The standard InChI is InChI=1S/C15H15ClN2O3/c16-13-7-11(3-6-14(13)19)18-8-10-1-4-12(5-2-10)21-9-15(17)20/h1-7,18-19H,8-9H2,(H2,17,20). The van der Waals surface area contributed by atoms with Crippen molar-refractivity contribution >= 4 is 23.2 Å². The summed E-state index contributed by atoms with van der Waals surface area (Å²) < 4.78 is 5.17. The SMILES string of the molecule is NC(=O)COc1ccc(CNc2ccc(O)c(Cl)c2)cc1. The number of nitrogens with two attached hydrogens (primary N) is 1. The minimum atomic E-state index is -0.509. The van der Waals surface area contributed by atoms with Gasteiger partial charge in [-0.15, -0.1) is 0 Å². The molecule has 5 nitrogen and oxygen atoms in total. The third-order valence-corrected chi connectivity index (χ3v) is 3.05. The van der Waals surface area contributed by atoms with Gasteiger partial charge in [0.25, 0.3) is 5.91 Å². The quantitative estimate of drug-likeness (QED) is 0.716. The first-order chi connectivity index (χ1) is 10.0. The number of benzene rings is 2. The lowest BCUT2D eigenvalue weighted by Gasteiger charge is -2.09. The molecule has 0 aliphatic carbocycles. The number of rotatable bonds is 6. The van der Waals surface area contributed by atoms with Gasteiger partial charge in [-0.05, 0) is 35.9 Å². The van der Waals surface area contributed by atoms with E-state index in [1.54, 1.807) is 24.3 Å². The van der Waals surface area contributed by atoms with E-state index < -0.39 is 5.91 Å². The van der Waals surface area contributed by atoms with E-state index in [1.165, 1.54) is 6.07 Å². The van der Waals surface area contributed by atoms with Gasteiger partial charge in [-0.1, -0.05) is 23.7 Å². The first-order valence-electron chi connectivity index (χ1n) is 6.27.